The highest BCUT2D eigenvalue weighted by Gasteiger charge is 2.27. The monoisotopic (exact) mass is 372 g/mol. The molecule has 1 aromatic heterocycles. The Hall–Kier alpha value is -1.39. The predicted octanol–water partition coefficient (Wildman–Crippen LogP) is 5.71. The summed E-state index contributed by atoms with van der Waals surface area (Å²) in [5.74, 6) is 0.432. The molecule has 3 nitrogen and oxygen atoms in total. The number of hydrogen-bond donors (Lipinski definition) is 1. The third-order valence-electron chi connectivity index (χ3n) is 5.13. The standard InChI is InChI=1S/C22H32N2OS/c1-21(2,3)16-11-15(12-17(20(16)25)22(4,5)6)18-14-26-19(23-18)13-24-9-7-8-10-24/h11-12,14,25H,7-10,13H2,1-6H3. The van der Waals surface area contributed by atoms with Crippen molar-refractivity contribution in [3.8, 4) is 17.0 Å². The van der Waals surface area contributed by atoms with Crippen LogP contribution in [0.15, 0.2) is 17.5 Å². The first-order valence-electron chi connectivity index (χ1n) is 9.61. The molecule has 1 aliphatic rings. The molecule has 1 saturated heterocycles. The van der Waals surface area contributed by atoms with E-state index in [1.807, 2.05) is 0 Å². The van der Waals surface area contributed by atoms with Gasteiger partial charge in [0.1, 0.15) is 10.8 Å². The van der Waals surface area contributed by atoms with Gasteiger partial charge in [0.25, 0.3) is 0 Å². The maximum Gasteiger partial charge on any atom is 0.123 e. The van der Waals surface area contributed by atoms with Gasteiger partial charge in [0.15, 0.2) is 0 Å². The van der Waals surface area contributed by atoms with E-state index in [1.165, 1.54) is 30.9 Å². The van der Waals surface area contributed by atoms with Crippen LogP contribution in [0.4, 0.5) is 0 Å². The molecule has 0 atom stereocenters. The minimum atomic E-state index is -0.117. The van der Waals surface area contributed by atoms with E-state index in [0.717, 1.165) is 28.9 Å². The molecule has 0 amide bonds. The predicted molar refractivity (Wildman–Crippen MR) is 111 cm³/mol. The van der Waals surface area contributed by atoms with Gasteiger partial charge in [-0.1, -0.05) is 41.5 Å². The van der Waals surface area contributed by atoms with E-state index in [1.54, 1.807) is 11.3 Å². The summed E-state index contributed by atoms with van der Waals surface area (Å²) in [4.78, 5) is 7.40. The highest BCUT2D eigenvalue weighted by molar-refractivity contribution is 7.09. The summed E-state index contributed by atoms with van der Waals surface area (Å²) >= 11 is 1.75. The molecule has 0 bridgehead atoms. The Bertz CT molecular complexity index is 739. The number of rotatable bonds is 3. The Labute approximate surface area is 162 Å². The molecule has 142 valence electrons. The van der Waals surface area contributed by atoms with E-state index in [0.29, 0.717) is 5.75 Å². The third-order valence-corrected chi connectivity index (χ3v) is 5.96. The maximum absolute atomic E-state index is 10.9. The first-order valence-corrected chi connectivity index (χ1v) is 10.5. The Morgan fingerprint density at radius 2 is 1.54 bits per heavy atom. The number of likely N-dealkylation sites (tertiary alicyclic amines) is 1. The summed E-state index contributed by atoms with van der Waals surface area (Å²) in [5.41, 5.74) is 3.90. The molecule has 1 N–H and O–H groups in total. The number of thiazole rings is 1. The Balaban J connectivity index is 2.00. The zero-order valence-corrected chi connectivity index (χ0v) is 17.8. The third kappa shape index (κ3) is 4.12. The Morgan fingerprint density at radius 3 is 2.04 bits per heavy atom. The van der Waals surface area contributed by atoms with Crippen molar-refractivity contribution in [3.63, 3.8) is 0 Å². The van der Waals surface area contributed by atoms with Crippen LogP contribution in [-0.2, 0) is 17.4 Å². The smallest absolute Gasteiger partial charge is 0.123 e. The van der Waals surface area contributed by atoms with Crippen molar-refractivity contribution in [2.24, 2.45) is 0 Å². The molecule has 1 aliphatic heterocycles. The van der Waals surface area contributed by atoms with Crippen LogP contribution < -0.4 is 0 Å². The fourth-order valence-corrected chi connectivity index (χ4v) is 4.42. The largest absolute Gasteiger partial charge is 0.507 e. The molecular weight excluding hydrogens is 340 g/mol. The molecule has 2 aromatic rings. The molecule has 0 unspecified atom stereocenters. The van der Waals surface area contributed by atoms with Crippen LogP contribution in [0.25, 0.3) is 11.3 Å². The fraction of sp³-hybridized carbons (Fsp3) is 0.591. The van der Waals surface area contributed by atoms with Gasteiger partial charge < -0.3 is 5.11 Å². The first kappa shape index (κ1) is 19.4. The second kappa shape index (κ2) is 6.97. The summed E-state index contributed by atoms with van der Waals surface area (Å²) in [7, 11) is 0. The van der Waals surface area contributed by atoms with E-state index < -0.39 is 0 Å². The minimum absolute atomic E-state index is 0.117. The molecule has 4 heteroatoms. The molecule has 0 aliphatic carbocycles. The lowest BCUT2D eigenvalue weighted by atomic mass is 9.78. The van der Waals surface area contributed by atoms with E-state index in [4.69, 9.17) is 4.98 Å². The van der Waals surface area contributed by atoms with Gasteiger partial charge in [0, 0.05) is 22.1 Å². The second-order valence-electron chi connectivity index (χ2n) is 9.53. The van der Waals surface area contributed by atoms with Crippen LogP contribution in [-0.4, -0.2) is 28.1 Å². The summed E-state index contributed by atoms with van der Waals surface area (Å²) in [6, 6.07) is 4.25. The maximum atomic E-state index is 10.9. The lowest BCUT2D eigenvalue weighted by molar-refractivity contribution is 0.331. The molecule has 1 aromatic carbocycles. The number of phenolic OH excluding ortho intramolecular Hbond substituents is 1. The zero-order valence-electron chi connectivity index (χ0n) is 17.0. The molecule has 2 heterocycles. The van der Waals surface area contributed by atoms with E-state index in [-0.39, 0.29) is 10.8 Å². The van der Waals surface area contributed by atoms with Crippen molar-refractivity contribution >= 4 is 11.3 Å². The normalized spacial score (nSPS) is 16.4. The molecule has 3 rings (SSSR count). The van der Waals surface area contributed by atoms with Crippen molar-refractivity contribution in [1.82, 2.24) is 9.88 Å². The van der Waals surface area contributed by atoms with Gasteiger partial charge in [-0.3, -0.25) is 4.90 Å². The van der Waals surface area contributed by atoms with E-state index >= 15 is 0 Å². The Kier molecular flexibility index (Phi) is 5.19. The van der Waals surface area contributed by atoms with Crippen molar-refractivity contribution in [2.45, 2.75) is 71.8 Å². The highest BCUT2D eigenvalue weighted by Crippen LogP contribution is 2.42. The van der Waals surface area contributed by atoms with Crippen LogP contribution in [0, 0.1) is 0 Å². The SMILES string of the molecule is CC(C)(C)c1cc(-c2csc(CN3CCCC3)n2)cc(C(C)(C)C)c1O. The summed E-state index contributed by atoms with van der Waals surface area (Å²) in [5, 5.41) is 14.3. The van der Waals surface area contributed by atoms with Gasteiger partial charge in [-0.25, -0.2) is 4.98 Å². The average Bonchev–Trinajstić information content (AvgIpc) is 3.17. The van der Waals surface area contributed by atoms with E-state index in [9.17, 15) is 5.11 Å². The number of benzene rings is 1. The van der Waals surface area contributed by atoms with Gasteiger partial charge in [-0.15, -0.1) is 11.3 Å². The number of aromatic hydroxyl groups is 1. The van der Waals surface area contributed by atoms with Crippen molar-refractivity contribution in [3.05, 3.63) is 33.6 Å². The highest BCUT2D eigenvalue weighted by atomic mass is 32.1. The summed E-state index contributed by atoms with van der Waals surface area (Å²) < 4.78 is 0. The molecule has 26 heavy (non-hydrogen) atoms. The van der Waals surface area contributed by atoms with Gasteiger partial charge in [-0.2, -0.15) is 0 Å². The second-order valence-corrected chi connectivity index (χ2v) is 10.5. The van der Waals surface area contributed by atoms with Gasteiger partial charge in [-0.05, 0) is 48.9 Å². The van der Waals surface area contributed by atoms with Gasteiger partial charge in [0.2, 0.25) is 0 Å². The Morgan fingerprint density at radius 1 is 1.00 bits per heavy atom. The topological polar surface area (TPSA) is 36.4 Å². The molecule has 1 fully saturated rings. The lowest BCUT2D eigenvalue weighted by Gasteiger charge is -2.28. The quantitative estimate of drug-likeness (QED) is 0.750. The first-order chi connectivity index (χ1) is 12.1. The minimum Gasteiger partial charge on any atom is -0.507 e. The summed E-state index contributed by atoms with van der Waals surface area (Å²) in [6.45, 7) is 16.2. The molecule has 0 saturated carbocycles. The number of nitrogens with zero attached hydrogens (tertiary/aromatic N) is 2. The molecule has 0 spiro atoms. The number of phenols is 1. The van der Waals surface area contributed by atoms with Crippen molar-refractivity contribution < 1.29 is 5.11 Å². The van der Waals surface area contributed by atoms with Crippen molar-refractivity contribution in [1.29, 1.82) is 0 Å². The van der Waals surface area contributed by atoms with E-state index in [2.05, 4.69) is 64.0 Å². The zero-order chi connectivity index (χ0) is 19.1. The van der Waals surface area contributed by atoms with Crippen LogP contribution in [0.2, 0.25) is 0 Å². The fourth-order valence-electron chi connectivity index (χ4n) is 3.57. The van der Waals surface area contributed by atoms with Crippen LogP contribution in [0.5, 0.6) is 5.75 Å². The molecule has 0 radical (unpaired) electrons. The number of aromatic nitrogens is 1. The van der Waals surface area contributed by atoms with Crippen LogP contribution >= 0.6 is 11.3 Å². The lowest BCUT2D eigenvalue weighted by Crippen LogP contribution is -2.18. The van der Waals surface area contributed by atoms with Crippen molar-refractivity contribution in [2.75, 3.05) is 13.1 Å². The van der Waals surface area contributed by atoms with Crippen LogP contribution in [0.3, 0.4) is 0 Å². The average molecular weight is 373 g/mol. The van der Waals surface area contributed by atoms with Crippen LogP contribution in [0.1, 0.15) is 70.5 Å². The summed E-state index contributed by atoms with van der Waals surface area (Å²) in [6.07, 6.45) is 2.61. The van der Waals surface area contributed by atoms with Gasteiger partial charge >= 0.3 is 0 Å². The molecular formula is C22H32N2OS. The van der Waals surface area contributed by atoms with Gasteiger partial charge in [0.05, 0.1) is 12.2 Å². The number of hydrogen-bond acceptors (Lipinski definition) is 4.